The van der Waals surface area contributed by atoms with Crippen LogP contribution in [-0.2, 0) is 10.0 Å². The molecule has 0 saturated carbocycles. The van der Waals surface area contributed by atoms with E-state index in [0.29, 0.717) is 38.2 Å². The Labute approximate surface area is 188 Å². The van der Waals surface area contributed by atoms with Crippen LogP contribution in [0, 0.1) is 0 Å². The van der Waals surface area contributed by atoms with Gasteiger partial charge in [0.05, 0.1) is 11.5 Å². The number of hydrogen-bond acceptors (Lipinski definition) is 5. The van der Waals surface area contributed by atoms with E-state index in [4.69, 9.17) is 4.74 Å². The summed E-state index contributed by atoms with van der Waals surface area (Å²) in [7, 11) is -3.49. The standard InChI is InChI=1S/C24H27N3O4S/c28-24(20-10-12-21(13-11-20)32(29,30)27-16-2-1-3-17-27)26-15-6-18-31-22-9-4-7-19-8-5-14-25-23(19)22/h4-5,7-14H,1-3,6,15-18H2,(H,26,28). The van der Waals surface area contributed by atoms with E-state index in [9.17, 15) is 13.2 Å². The Morgan fingerprint density at radius 1 is 1.00 bits per heavy atom. The number of pyridine rings is 1. The van der Waals surface area contributed by atoms with Gasteiger partial charge in [0.1, 0.15) is 11.3 Å². The van der Waals surface area contributed by atoms with Gasteiger partial charge in [-0.1, -0.05) is 24.6 Å². The zero-order valence-corrected chi connectivity index (χ0v) is 18.7. The lowest BCUT2D eigenvalue weighted by molar-refractivity contribution is 0.0951. The van der Waals surface area contributed by atoms with Crippen molar-refractivity contribution in [2.45, 2.75) is 30.6 Å². The molecular weight excluding hydrogens is 426 g/mol. The number of hydrogen-bond donors (Lipinski definition) is 1. The van der Waals surface area contributed by atoms with Crippen molar-refractivity contribution >= 4 is 26.8 Å². The number of fused-ring (bicyclic) bond motifs is 1. The minimum Gasteiger partial charge on any atom is -0.491 e. The maximum absolute atomic E-state index is 12.7. The summed E-state index contributed by atoms with van der Waals surface area (Å²) in [6.07, 6.45) is 5.21. The van der Waals surface area contributed by atoms with Crippen LogP contribution in [0.15, 0.2) is 65.7 Å². The average molecular weight is 454 g/mol. The molecule has 1 saturated heterocycles. The molecule has 2 heterocycles. The molecule has 8 heteroatoms. The van der Waals surface area contributed by atoms with E-state index in [2.05, 4.69) is 10.3 Å². The third-order valence-corrected chi connectivity index (χ3v) is 7.44. The number of benzene rings is 2. The quantitative estimate of drug-likeness (QED) is 0.527. The normalized spacial score (nSPS) is 14.9. The van der Waals surface area contributed by atoms with Crippen LogP contribution in [0.1, 0.15) is 36.0 Å². The average Bonchev–Trinajstić information content (AvgIpc) is 2.84. The first-order valence-corrected chi connectivity index (χ1v) is 12.3. The molecule has 1 aliphatic heterocycles. The van der Waals surface area contributed by atoms with E-state index in [1.165, 1.54) is 16.4 Å². The Balaban J connectivity index is 1.26. The summed E-state index contributed by atoms with van der Waals surface area (Å²) < 4.78 is 32.8. The molecule has 4 rings (SSSR count). The lowest BCUT2D eigenvalue weighted by Crippen LogP contribution is -2.35. The Morgan fingerprint density at radius 2 is 1.75 bits per heavy atom. The molecule has 0 atom stereocenters. The highest BCUT2D eigenvalue weighted by molar-refractivity contribution is 7.89. The van der Waals surface area contributed by atoms with Gasteiger partial charge < -0.3 is 10.1 Å². The van der Waals surface area contributed by atoms with Crippen LogP contribution < -0.4 is 10.1 Å². The van der Waals surface area contributed by atoms with Crippen molar-refractivity contribution in [2.24, 2.45) is 0 Å². The SMILES string of the molecule is O=C(NCCCOc1cccc2cccnc12)c1ccc(S(=O)(=O)N2CCCCC2)cc1. The van der Waals surface area contributed by atoms with E-state index >= 15 is 0 Å². The maximum Gasteiger partial charge on any atom is 0.251 e. The van der Waals surface area contributed by atoms with Crippen molar-refractivity contribution in [2.75, 3.05) is 26.2 Å². The van der Waals surface area contributed by atoms with E-state index in [1.807, 2.05) is 30.3 Å². The fraction of sp³-hybridized carbons (Fsp3) is 0.333. The van der Waals surface area contributed by atoms with Crippen molar-refractivity contribution in [1.29, 1.82) is 0 Å². The molecule has 1 aliphatic rings. The number of piperidine rings is 1. The van der Waals surface area contributed by atoms with Crippen molar-refractivity contribution < 1.29 is 17.9 Å². The molecule has 1 amide bonds. The van der Waals surface area contributed by atoms with Gasteiger partial charge in [-0.05, 0) is 55.7 Å². The lowest BCUT2D eigenvalue weighted by atomic mass is 10.2. The first-order valence-electron chi connectivity index (χ1n) is 10.9. The zero-order chi connectivity index (χ0) is 22.4. The lowest BCUT2D eigenvalue weighted by Gasteiger charge is -2.25. The fourth-order valence-electron chi connectivity index (χ4n) is 3.78. The molecular formula is C24H27N3O4S. The Hall–Kier alpha value is -2.97. The van der Waals surface area contributed by atoms with Crippen LogP contribution in [0.3, 0.4) is 0 Å². The second-order valence-electron chi connectivity index (χ2n) is 7.78. The van der Waals surface area contributed by atoms with Gasteiger partial charge in [0, 0.05) is 36.8 Å². The molecule has 1 fully saturated rings. The molecule has 0 radical (unpaired) electrons. The number of aromatic nitrogens is 1. The zero-order valence-electron chi connectivity index (χ0n) is 17.9. The van der Waals surface area contributed by atoms with Gasteiger partial charge in [0.25, 0.3) is 5.91 Å². The van der Waals surface area contributed by atoms with Gasteiger partial charge in [-0.3, -0.25) is 9.78 Å². The highest BCUT2D eigenvalue weighted by atomic mass is 32.2. The third kappa shape index (κ3) is 5.08. The second-order valence-corrected chi connectivity index (χ2v) is 9.72. The van der Waals surface area contributed by atoms with E-state index < -0.39 is 10.0 Å². The van der Waals surface area contributed by atoms with Gasteiger partial charge in [-0.15, -0.1) is 0 Å². The summed E-state index contributed by atoms with van der Waals surface area (Å²) in [5.74, 6) is 0.485. The molecule has 0 bridgehead atoms. The van der Waals surface area contributed by atoms with Crippen molar-refractivity contribution in [3.05, 3.63) is 66.4 Å². The summed E-state index contributed by atoms with van der Waals surface area (Å²) in [6, 6.07) is 15.8. The molecule has 168 valence electrons. The smallest absolute Gasteiger partial charge is 0.251 e. The summed E-state index contributed by atoms with van der Waals surface area (Å²) in [5, 5.41) is 3.87. The summed E-state index contributed by atoms with van der Waals surface area (Å²) in [6.45, 7) is 2.01. The highest BCUT2D eigenvalue weighted by Crippen LogP contribution is 2.23. The first kappa shape index (κ1) is 22.2. The Bertz CT molecular complexity index is 1170. The predicted molar refractivity (Wildman–Crippen MR) is 123 cm³/mol. The van der Waals surface area contributed by atoms with Crippen LogP contribution in [0.2, 0.25) is 0 Å². The Kier molecular flexibility index (Phi) is 7.02. The first-order chi connectivity index (χ1) is 15.6. The topological polar surface area (TPSA) is 88.6 Å². The van der Waals surface area contributed by atoms with Crippen LogP contribution in [0.25, 0.3) is 10.9 Å². The molecule has 7 nitrogen and oxygen atoms in total. The van der Waals surface area contributed by atoms with Gasteiger partial charge >= 0.3 is 0 Å². The van der Waals surface area contributed by atoms with Crippen LogP contribution in [-0.4, -0.2) is 49.9 Å². The van der Waals surface area contributed by atoms with Gasteiger partial charge in [0.15, 0.2) is 0 Å². The Morgan fingerprint density at radius 3 is 2.53 bits per heavy atom. The number of nitrogens with zero attached hydrogens (tertiary/aromatic N) is 2. The largest absolute Gasteiger partial charge is 0.491 e. The molecule has 32 heavy (non-hydrogen) atoms. The van der Waals surface area contributed by atoms with E-state index in [1.54, 1.807) is 18.3 Å². The van der Waals surface area contributed by atoms with Crippen LogP contribution in [0.5, 0.6) is 5.75 Å². The van der Waals surface area contributed by atoms with Crippen molar-refractivity contribution in [3.8, 4) is 5.75 Å². The number of para-hydroxylation sites is 1. The number of carbonyl (C=O) groups excluding carboxylic acids is 1. The maximum atomic E-state index is 12.7. The molecule has 3 aromatic rings. The molecule has 1 N–H and O–H groups in total. The summed E-state index contributed by atoms with van der Waals surface area (Å²) in [5.41, 5.74) is 1.25. The van der Waals surface area contributed by atoms with E-state index in [-0.39, 0.29) is 10.8 Å². The number of carbonyl (C=O) groups is 1. The van der Waals surface area contributed by atoms with Gasteiger partial charge in [-0.2, -0.15) is 4.31 Å². The third-order valence-electron chi connectivity index (χ3n) is 5.53. The van der Waals surface area contributed by atoms with E-state index in [0.717, 1.165) is 35.9 Å². The number of sulfonamides is 1. The number of ether oxygens (including phenoxy) is 1. The molecule has 0 spiro atoms. The number of amides is 1. The minimum absolute atomic E-state index is 0.230. The number of nitrogens with one attached hydrogen (secondary N) is 1. The van der Waals surface area contributed by atoms with Crippen molar-refractivity contribution in [3.63, 3.8) is 0 Å². The van der Waals surface area contributed by atoms with Crippen molar-refractivity contribution in [1.82, 2.24) is 14.6 Å². The molecule has 1 aromatic heterocycles. The summed E-state index contributed by atoms with van der Waals surface area (Å²) in [4.78, 5) is 17.0. The van der Waals surface area contributed by atoms with Gasteiger partial charge in [0.2, 0.25) is 10.0 Å². The predicted octanol–water partition coefficient (Wildman–Crippen LogP) is 3.61. The molecule has 2 aromatic carbocycles. The van der Waals surface area contributed by atoms with Crippen LogP contribution >= 0.6 is 0 Å². The monoisotopic (exact) mass is 453 g/mol. The highest BCUT2D eigenvalue weighted by Gasteiger charge is 2.25. The molecule has 0 unspecified atom stereocenters. The van der Waals surface area contributed by atoms with Gasteiger partial charge in [-0.25, -0.2) is 8.42 Å². The molecule has 0 aliphatic carbocycles. The summed E-state index contributed by atoms with van der Waals surface area (Å²) >= 11 is 0. The number of rotatable bonds is 8. The fourth-order valence-corrected chi connectivity index (χ4v) is 5.30. The second kappa shape index (κ2) is 10.1. The van der Waals surface area contributed by atoms with Crippen LogP contribution in [0.4, 0.5) is 0 Å². The minimum atomic E-state index is -3.49.